The van der Waals surface area contributed by atoms with E-state index in [1.54, 1.807) is 7.11 Å². The van der Waals surface area contributed by atoms with Gasteiger partial charge in [-0.05, 0) is 61.4 Å². The van der Waals surface area contributed by atoms with Crippen molar-refractivity contribution in [2.45, 2.75) is 56.8 Å². The van der Waals surface area contributed by atoms with E-state index in [1.165, 1.54) is 24.1 Å². The van der Waals surface area contributed by atoms with Crippen LogP contribution >= 0.6 is 11.3 Å². The van der Waals surface area contributed by atoms with E-state index in [-0.39, 0.29) is 11.9 Å². The van der Waals surface area contributed by atoms with Gasteiger partial charge in [0.15, 0.2) is 0 Å². The molecule has 4 rings (SSSR count). The van der Waals surface area contributed by atoms with Crippen molar-refractivity contribution in [3.05, 3.63) is 52.2 Å². The molecule has 4 nitrogen and oxygen atoms in total. The molecule has 1 amide bonds. The van der Waals surface area contributed by atoms with Gasteiger partial charge in [-0.1, -0.05) is 12.5 Å². The smallest absolute Gasteiger partial charge is 0.251 e. The van der Waals surface area contributed by atoms with Gasteiger partial charge < -0.3 is 10.1 Å². The van der Waals surface area contributed by atoms with Crippen LogP contribution in [0.15, 0.2) is 41.8 Å². The van der Waals surface area contributed by atoms with Crippen molar-refractivity contribution >= 4 is 17.2 Å². The van der Waals surface area contributed by atoms with Gasteiger partial charge in [0, 0.05) is 35.1 Å². The highest BCUT2D eigenvalue weighted by atomic mass is 32.1. The normalized spacial score (nSPS) is 25.7. The Kier molecular flexibility index (Phi) is 5.27. The van der Waals surface area contributed by atoms with E-state index in [0.717, 1.165) is 25.1 Å². The fraction of sp³-hybridized carbons (Fsp3) is 0.476. The molecule has 2 fully saturated rings. The van der Waals surface area contributed by atoms with Crippen LogP contribution in [0.1, 0.15) is 47.3 Å². The molecule has 0 radical (unpaired) electrons. The highest BCUT2D eigenvalue weighted by Crippen LogP contribution is 2.35. The van der Waals surface area contributed by atoms with Crippen LogP contribution in [-0.4, -0.2) is 36.0 Å². The van der Waals surface area contributed by atoms with Crippen LogP contribution in [0.5, 0.6) is 5.75 Å². The number of carbonyl (C=O) groups is 1. The zero-order valence-electron chi connectivity index (χ0n) is 15.2. The molecule has 2 saturated heterocycles. The van der Waals surface area contributed by atoms with Gasteiger partial charge in [0.05, 0.1) is 7.11 Å². The molecule has 1 N–H and O–H groups in total. The molecule has 2 aliphatic rings. The number of amides is 1. The van der Waals surface area contributed by atoms with Crippen molar-refractivity contribution in [2.24, 2.45) is 0 Å². The molecule has 5 heteroatoms. The molecule has 1 aromatic carbocycles. The van der Waals surface area contributed by atoms with E-state index in [0.29, 0.717) is 17.6 Å². The molecular formula is C21H26N2O2S. The summed E-state index contributed by atoms with van der Waals surface area (Å²) < 4.78 is 5.17. The molecule has 138 valence electrons. The van der Waals surface area contributed by atoms with Crippen molar-refractivity contribution in [3.63, 3.8) is 0 Å². The summed E-state index contributed by atoms with van der Waals surface area (Å²) in [5, 5.41) is 5.44. The SMILES string of the molecule is COc1ccc(C(=O)NC2C[C@H]3CCC[C@@H](C2)N3Cc2cccs2)cc1. The highest BCUT2D eigenvalue weighted by molar-refractivity contribution is 7.09. The minimum Gasteiger partial charge on any atom is -0.497 e. The minimum absolute atomic E-state index is 0.0300. The zero-order valence-corrected chi connectivity index (χ0v) is 16.0. The molecule has 1 unspecified atom stereocenters. The van der Waals surface area contributed by atoms with E-state index >= 15 is 0 Å². The van der Waals surface area contributed by atoms with Gasteiger partial charge in [-0.25, -0.2) is 0 Å². The Morgan fingerprint density at radius 1 is 1.19 bits per heavy atom. The number of benzene rings is 1. The second kappa shape index (κ2) is 7.80. The first-order valence-electron chi connectivity index (χ1n) is 9.46. The number of fused-ring (bicyclic) bond motifs is 2. The topological polar surface area (TPSA) is 41.6 Å². The van der Waals surface area contributed by atoms with Crippen molar-refractivity contribution in [1.29, 1.82) is 0 Å². The van der Waals surface area contributed by atoms with E-state index in [1.807, 2.05) is 35.6 Å². The molecule has 2 bridgehead atoms. The maximum absolute atomic E-state index is 12.6. The monoisotopic (exact) mass is 370 g/mol. The summed E-state index contributed by atoms with van der Waals surface area (Å²) in [5.74, 6) is 0.806. The summed E-state index contributed by atoms with van der Waals surface area (Å²) in [7, 11) is 1.64. The minimum atomic E-state index is 0.0300. The largest absolute Gasteiger partial charge is 0.497 e. The second-order valence-electron chi connectivity index (χ2n) is 7.36. The number of piperidine rings is 2. The summed E-state index contributed by atoms with van der Waals surface area (Å²) in [6.45, 7) is 1.06. The summed E-state index contributed by atoms with van der Waals surface area (Å²) in [4.78, 5) is 16.7. The molecule has 2 aromatic rings. The van der Waals surface area contributed by atoms with Crippen LogP contribution in [0.2, 0.25) is 0 Å². The maximum Gasteiger partial charge on any atom is 0.251 e. The van der Waals surface area contributed by atoms with E-state index in [2.05, 4.69) is 27.7 Å². The van der Waals surface area contributed by atoms with Gasteiger partial charge in [0.2, 0.25) is 0 Å². The number of thiophene rings is 1. The van der Waals surface area contributed by atoms with Crippen LogP contribution in [0.3, 0.4) is 0 Å². The molecule has 0 saturated carbocycles. The first-order chi connectivity index (χ1) is 12.7. The fourth-order valence-electron chi connectivity index (χ4n) is 4.45. The number of nitrogens with zero attached hydrogens (tertiary/aromatic N) is 1. The number of hydrogen-bond acceptors (Lipinski definition) is 4. The average molecular weight is 371 g/mol. The first kappa shape index (κ1) is 17.6. The average Bonchev–Trinajstić information content (AvgIpc) is 3.15. The van der Waals surface area contributed by atoms with Crippen LogP contribution in [0.25, 0.3) is 0 Å². The Labute approximate surface area is 159 Å². The molecule has 3 heterocycles. The second-order valence-corrected chi connectivity index (χ2v) is 8.39. The molecule has 1 aromatic heterocycles. The van der Waals surface area contributed by atoms with Gasteiger partial charge >= 0.3 is 0 Å². The Bertz CT molecular complexity index is 715. The quantitative estimate of drug-likeness (QED) is 0.862. The number of rotatable bonds is 5. The summed E-state index contributed by atoms with van der Waals surface area (Å²) in [5.41, 5.74) is 0.706. The van der Waals surface area contributed by atoms with Gasteiger partial charge in [0.1, 0.15) is 5.75 Å². The first-order valence-corrected chi connectivity index (χ1v) is 10.3. The van der Waals surface area contributed by atoms with Gasteiger partial charge in [0.25, 0.3) is 5.91 Å². The van der Waals surface area contributed by atoms with Gasteiger partial charge in [-0.15, -0.1) is 11.3 Å². The van der Waals surface area contributed by atoms with Crippen molar-refractivity contribution in [1.82, 2.24) is 10.2 Å². The number of nitrogens with one attached hydrogen (secondary N) is 1. The van der Waals surface area contributed by atoms with E-state index < -0.39 is 0 Å². The van der Waals surface area contributed by atoms with Crippen LogP contribution in [-0.2, 0) is 6.54 Å². The van der Waals surface area contributed by atoms with Crippen LogP contribution in [0, 0.1) is 0 Å². The lowest BCUT2D eigenvalue weighted by Crippen LogP contribution is -2.56. The standard InChI is InChI=1S/C21H26N2O2S/c1-25-19-9-7-15(8-10-19)21(24)22-16-12-17-4-2-5-18(13-16)23(17)14-20-6-3-11-26-20/h3,6-11,16-18H,2,4-5,12-14H2,1H3,(H,22,24)/t16?,17-,18+. The summed E-state index contributed by atoms with van der Waals surface area (Å²) in [6, 6.07) is 13.2. The molecular weight excluding hydrogens is 344 g/mol. The summed E-state index contributed by atoms with van der Waals surface area (Å²) >= 11 is 1.85. The van der Waals surface area contributed by atoms with Crippen LogP contribution < -0.4 is 10.1 Å². The van der Waals surface area contributed by atoms with Crippen molar-refractivity contribution in [3.8, 4) is 5.75 Å². The lowest BCUT2D eigenvalue weighted by molar-refractivity contribution is 0.0184. The number of methoxy groups -OCH3 is 1. The Morgan fingerprint density at radius 3 is 2.54 bits per heavy atom. The van der Waals surface area contributed by atoms with Gasteiger partial charge in [-0.3, -0.25) is 9.69 Å². The Hall–Kier alpha value is -1.85. The third kappa shape index (κ3) is 3.79. The lowest BCUT2D eigenvalue weighted by Gasteiger charge is -2.49. The molecule has 26 heavy (non-hydrogen) atoms. The zero-order chi connectivity index (χ0) is 17.9. The maximum atomic E-state index is 12.6. The van der Waals surface area contributed by atoms with Crippen molar-refractivity contribution in [2.75, 3.05) is 7.11 Å². The number of carbonyl (C=O) groups excluding carboxylic acids is 1. The van der Waals surface area contributed by atoms with E-state index in [9.17, 15) is 4.79 Å². The van der Waals surface area contributed by atoms with E-state index in [4.69, 9.17) is 4.74 Å². The molecule has 3 atom stereocenters. The Balaban J connectivity index is 1.39. The predicted octanol–water partition coefficient (Wildman–Crippen LogP) is 4.07. The molecule has 2 aliphatic heterocycles. The van der Waals surface area contributed by atoms with Crippen molar-refractivity contribution < 1.29 is 9.53 Å². The predicted molar refractivity (Wildman–Crippen MR) is 105 cm³/mol. The number of ether oxygens (including phenoxy) is 1. The molecule has 0 aliphatic carbocycles. The fourth-order valence-corrected chi connectivity index (χ4v) is 5.16. The summed E-state index contributed by atoms with van der Waals surface area (Å²) in [6.07, 6.45) is 5.93. The van der Waals surface area contributed by atoms with Gasteiger partial charge in [-0.2, -0.15) is 0 Å². The number of hydrogen-bond donors (Lipinski definition) is 1. The third-order valence-electron chi connectivity index (χ3n) is 5.73. The third-order valence-corrected chi connectivity index (χ3v) is 6.59. The lowest BCUT2D eigenvalue weighted by atomic mass is 9.81. The molecule has 0 spiro atoms. The highest BCUT2D eigenvalue weighted by Gasteiger charge is 2.38. The Morgan fingerprint density at radius 2 is 1.92 bits per heavy atom. The van der Waals surface area contributed by atoms with Crippen LogP contribution in [0.4, 0.5) is 0 Å².